The summed E-state index contributed by atoms with van der Waals surface area (Å²) < 4.78 is 13.0. The lowest BCUT2D eigenvalue weighted by Crippen LogP contribution is -1.84. The molecule has 2 aromatic carbocycles. The van der Waals surface area contributed by atoms with Crippen LogP contribution in [0.2, 0.25) is 5.02 Å². The topological polar surface area (TPSA) is 36.7 Å². The molecule has 5 heteroatoms. The van der Waals surface area contributed by atoms with Crippen molar-refractivity contribution in [3.8, 4) is 17.3 Å². The van der Waals surface area contributed by atoms with Gasteiger partial charge in [-0.05, 0) is 42.0 Å². The number of rotatable bonds is 3. The molecule has 0 fully saturated rings. The Balaban J connectivity index is 1.96. The van der Waals surface area contributed by atoms with Crippen molar-refractivity contribution >= 4 is 34.6 Å². The highest BCUT2D eigenvalue weighted by Crippen LogP contribution is 2.28. The fourth-order valence-corrected chi connectivity index (χ4v) is 3.03. The summed E-state index contributed by atoms with van der Waals surface area (Å²) in [5.41, 5.74) is 2.73. The van der Waals surface area contributed by atoms with Gasteiger partial charge in [-0.25, -0.2) is 9.37 Å². The summed E-state index contributed by atoms with van der Waals surface area (Å²) in [6.45, 7) is 0. The largest absolute Gasteiger partial charge is 0.235 e. The average Bonchev–Trinajstić information content (AvgIpc) is 3.04. The van der Waals surface area contributed by atoms with Crippen LogP contribution in [0.5, 0.6) is 0 Å². The highest BCUT2D eigenvalue weighted by atomic mass is 35.5. The molecule has 0 unspecified atom stereocenters. The lowest BCUT2D eigenvalue weighted by molar-refractivity contribution is 0.628. The number of hydrogen-bond donors (Lipinski definition) is 0. The first-order valence-corrected chi connectivity index (χ1v) is 8.01. The van der Waals surface area contributed by atoms with Crippen LogP contribution in [-0.2, 0) is 0 Å². The number of halogens is 2. The summed E-state index contributed by atoms with van der Waals surface area (Å²) in [7, 11) is 0. The third-order valence-electron chi connectivity index (χ3n) is 3.20. The lowest BCUT2D eigenvalue weighted by Gasteiger charge is -1.98. The van der Waals surface area contributed by atoms with Gasteiger partial charge in [-0.2, -0.15) is 5.26 Å². The molecule has 0 aliphatic rings. The molecule has 0 radical (unpaired) electrons. The van der Waals surface area contributed by atoms with Crippen LogP contribution in [0.15, 0.2) is 53.9 Å². The Hall–Kier alpha value is -2.48. The van der Waals surface area contributed by atoms with Crippen molar-refractivity contribution in [2.45, 2.75) is 0 Å². The van der Waals surface area contributed by atoms with Gasteiger partial charge in [0.2, 0.25) is 0 Å². The van der Waals surface area contributed by atoms with Crippen LogP contribution >= 0.6 is 22.9 Å². The van der Waals surface area contributed by atoms with E-state index in [1.807, 2.05) is 23.6 Å². The van der Waals surface area contributed by atoms with Gasteiger partial charge in [-0.3, -0.25) is 0 Å². The Morgan fingerprint density at radius 3 is 2.61 bits per heavy atom. The Morgan fingerprint density at radius 1 is 1.17 bits per heavy atom. The average molecular weight is 341 g/mol. The van der Waals surface area contributed by atoms with E-state index in [9.17, 15) is 9.65 Å². The van der Waals surface area contributed by atoms with Crippen molar-refractivity contribution in [3.63, 3.8) is 0 Å². The van der Waals surface area contributed by atoms with Crippen LogP contribution < -0.4 is 0 Å². The maximum absolute atomic E-state index is 13.0. The molecule has 0 N–H and O–H groups in total. The second kappa shape index (κ2) is 6.74. The van der Waals surface area contributed by atoms with E-state index < -0.39 is 0 Å². The Labute approximate surface area is 142 Å². The zero-order valence-corrected chi connectivity index (χ0v) is 13.4. The molecular weight excluding hydrogens is 331 g/mol. The highest BCUT2D eigenvalue weighted by molar-refractivity contribution is 7.11. The molecule has 0 amide bonds. The minimum Gasteiger partial charge on any atom is -0.235 e. The molecule has 3 aromatic rings. The van der Waals surface area contributed by atoms with Crippen LogP contribution in [0, 0.1) is 17.1 Å². The van der Waals surface area contributed by atoms with Gasteiger partial charge < -0.3 is 0 Å². The smallest absolute Gasteiger partial charge is 0.134 e. The Kier molecular flexibility index (Phi) is 4.52. The number of nitrogens with zero attached hydrogens (tertiary/aromatic N) is 2. The standard InChI is InChI=1S/C18H10ClFN2S/c19-16-4-2-1-3-13(16)9-14(10-21)18-22-17(11-23-18)12-5-7-15(20)8-6-12/h1-9,11H. The maximum Gasteiger partial charge on any atom is 0.134 e. The van der Waals surface area contributed by atoms with Crippen molar-refractivity contribution < 1.29 is 4.39 Å². The summed E-state index contributed by atoms with van der Waals surface area (Å²) in [6.07, 6.45) is 1.72. The minimum atomic E-state index is -0.291. The molecule has 0 aliphatic heterocycles. The van der Waals surface area contributed by atoms with E-state index in [4.69, 9.17) is 11.6 Å². The number of nitriles is 1. The molecule has 1 aromatic heterocycles. The van der Waals surface area contributed by atoms with Crippen molar-refractivity contribution in [1.82, 2.24) is 4.98 Å². The van der Waals surface area contributed by atoms with Crippen molar-refractivity contribution in [3.05, 3.63) is 75.3 Å². The molecule has 0 saturated heterocycles. The molecule has 2 nitrogen and oxygen atoms in total. The zero-order chi connectivity index (χ0) is 16.2. The molecule has 1 heterocycles. The van der Waals surface area contributed by atoms with E-state index in [0.29, 0.717) is 21.3 Å². The normalized spacial score (nSPS) is 11.3. The van der Waals surface area contributed by atoms with Crippen LogP contribution in [0.3, 0.4) is 0 Å². The molecule has 0 atom stereocenters. The highest BCUT2D eigenvalue weighted by Gasteiger charge is 2.10. The van der Waals surface area contributed by atoms with E-state index in [1.54, 1.807) is 24.3 Å². The first kappa shape index (κ1) is 15.4. The number of benzene rings is 2. The number of hydrogen-bond acceptors (Lipinski definition) is 3. The summed E-state index contributed by atoms with van der Waals surface area (Å²) in [5, 5.41) is 12.4. The summed E-state index contributed by atoms with van der Waals surface area (Å²) >= 11 is 7.49. The molecule has 0 saturated carbocycles. The fraction of sp³-hybridized carbons (Fsp3) is 0. The van der Waals surface area contributed by atoms with Gasteiger partial charge >= 0.3 is 0 Å². The first-order chi connectivity index (χ1) is 11.2. The van der Waals surface area contributed by atoms with Crippen molar-refractivity contribution in [2.75, 3.05) is 0 Å². The quantitative estimate of drug-likeness (QED) is 0.576. The summed E-state index contributed by atoms with van der Waals surface area (Å²) in [6, 6.07) is 15.6. The first-order valence-electron chi connectivity index (χ1n) is 6.75. The van der Waals surface area contributed by atoms with Gasteiger partial charge in [0.25, 0.3) is 0 Å². The Morgan fingerprint density at radius 2 is 1.91 bits per heavy atom. The molecule has 3 rings (SSSR count). The van der Waals surface area contributed by atoms with E-state index in [1.165, 1.54) is 23.5 Å². The van der Waals surface area contributed by atoms with E-state index in [-0.39, 0.29) is 5.82 Å². The Bertz CT molecular complexity index is 907. The minimum absolute atomic E-state index is 0.291. The molecule has 0 aliphatic carbocycles. The van der Waals surface area contributed by atoms with Crippen LogP contribution in [0.25, 0.3) is 22.9 Å². The van der Waals surface area contributed by atoms with Gasteiger partial charge in [0.15, 0.2) is 0 Å². The van der Waals surface area contributed by atoms with Gasteiger partial charge in [0.05, 0.1) is 11.3 Å². The van der Waals surface area contributed by atoms with E-state index in [2.05, 4.69) is 11.1 Å². The monoisotopic (exact) mass is 340 g/mol. The van der Waals surface area contributed by atoms with Crippen molar-refractivity contribution in [1.29, 1.82) is 5.26 Å². The fourth-order valence-electron chi connectivity index (χ4n) is 2.04. The third kappa shape index (κ3) is 3.48. The van der Waals surface area contributed by atoms with Gasteiger partial charge in [0, 0.05) is 16.0 Å². The van der Waals surface area contributed by atoms with Crippen LogP contribution in [0.1, 0.15) is 10.6 Å². The molecule has 0 bridgehead atoms. The zero-order valence-electron chi connectivity index (χ0n) is 11.8. The number of allylic oxidation sites excluding steroid dienone is 1. The molecule has 0 spiro atoms. The van der Waals surface area contributed by atoms with Crippen LogP contribution in [-0.4, -0.2) is 4.98 Å². The summed E-state index contributed by atoms with van der Waals surface area (Å²) in [4.78, 5) is 4.47. The van der Waals surface area contributed by atoms with Gasteiger partial charge in [0.1, 0.15) is 16.9 Å². The van der Waals surface area contributed by atoms with Crippen LogP contribution in [0.4, 0.5) is 4.39 Å². The number of thiazole rings is 1. The second-order valence-electron chi connectivity index (χ2n) is 4.74. The SMILES string of the molecule is N#CC(=Cc1ccccc1Cl)c1nc(-c2ccc(F)cc2)cs1. The van der Waals surface area contributed by atoms with Crippen molar-refractivity contribution in [2.24, 2.45) is 0 Å². The van der Waals surface area contributed by atoms with Gasteiger partial charge in [-0.15, -0.1) is 11.3 Å². The predicted octanol–water partition coefficient (Wildman–Crippen LogP) is 5.67. The predicted molar refractivity (Wildman–Crippen MR) is 92.4 cm³/mol. The molecule has 23 heavy (non-hydrogen) atoms. The number of aromatic nitrogens is 1. The third-order valence-corrected chi connectivity index (χ3v) is 4.42. The maximum atomic E-state index is 13.0. The van der Waals surface area contributed by atoms with E-state index >= 15 is 0 Å². The summed E-state index contributed by atoms with van der Waals surface area (Å²) in [5.74, 6) is -0.291. The van der Waals surface area contributed by atoms with E-state index in [0.717, 1.165) is 11.1 Å². The van der Waals surface area contributed by atoms with Gasteiger partial charge in [-0.1, -0.05) is 29.8 Å². The molecular formula is C18H10ClFN2S. The molecule has 112 valence electrons. The lowest BCUT2D eigenvalue weighted by atomic mass is 10.1. The second-order valence-corrected chi connectivity index (χ2v) is 6.00.